The quantitative estimate of drug-likeness (QED) is 0.731. The molecule has 146 valence electrons. The number of rotatable bonds is 4. The lowest BCUT2D eigenvalue weighted by Crippen LogP contribution is -2.31. The number of hydrogen-bond donors (Lipinski definition) is 1. The SMILES string of the molecule is CC(C)c1nn(CC(=O)Nc2ncccn2)c(=O)c2ccc(C(F)(F)F)nc12. The molecule has 0 saturated heterocycles. The third kappa shape index (κ3) is 3.97. The van der Waals surface area contributed by atoms with Crippen LogP contribution >= 0.6 is 0 Å². The van der Waals surface area contributed by atoms with Crippen molar-refractivity contribution in [2.24, 2.45) is 0 Å². The van der Waals surface area contributed by atoms with E-state index in [4.69, 9.17) is 0 Å². The van der Waals surface area contributed by atoms with Gasteiger partial charge < -0.3 is 0 Å². The predicted molar refractivity (Wildman–Crippen MR) is 93.6 cm³/mol. The van der Waals surface area contributed by atoms with Crippen molar-refractivity contribution >= 4 is 22.8 Å². The van der Waals surface area contributed by atoms with E-state index in [9.17, 15) is 22.8 Å². The Hall–Kier alpha value is -3.37. The number of amides is 1. The molecule has 0 aromatic carbocycles. The fourth-order valence-electron chi connectivity index (χ4n) is 2.51. The van der Waals surface area contributed by atoms with E-state index < -0.39 is 29.9 Å². The molecule has 0 radical (unpaired) electrons. The van der Waals surface area contributed by atoms with Gasteiger partial charge in [0.25, 0.3) is 5.56 Å². The largest absolute Gasteiger partial charge is 0.433 e. The highest BCUT2D eigenvalue weighted by molar-refractivity contribution is 5.89. The number of aromatic nitrogens is 5. The van der Waals surface area contributed by atoms with Gasteiger partial charge in [-0.1, -0.05) is 13.8 Å². The summed E-state index contributed by atoms with van der Waals surface area (Å²) in [7, 11) is 0. The fraction of sp³-hybridized carbons (Fsp3) is 0.294. The monoisotopic (exact) mass is 392 g/mol. The van der Waals surface area contributed by atoms with E-state index in [0.717, 1.165) is 16.8 Å². The topological polar surface area (TPSA) is 103 Å². The molecule has 0 bridgehead atoms. The highest BCUT2D eigenvalue weighted by Crippen LogP contribution is 2.29. The second-order valence-corrected chi connectivity index (χ2v) is 6.21. The van der Waals surface area contributed by atoms with Crippen LogP contribution in [0.25, 0.3) is 10.9 Å². The Labute approximate surface area is 156 Å². The molecule has 0 aliphatic heterocycles. The molecular weight excluding hydrogens is 377 g/mol. The van der Waals surface area contributed by atoms with Crippen LogP contribution in [0.4, 0.5) is 19.1 Å². The maximum atomic E-state index is 13.0. The van der Waals surface area contributed by atoms with Crippen LogP contribution in [0, 0.1) is 0 Å². The Morgan fingerprint density at radius 2 is 1.89 bits per heavy atom. The van der Waals surface area contributed by atoms with Crippen LogP contribution in [-0.4, -0.2) is 30.6 Å². The van der Waals surface area contributed by atoms with E-state index in [1.165, 1.54) is 12.4 Å². The molecule has 0 aliphatic carbocycles. The van der Waals surface area contributed by atoms with Gasteiger partial charge in [0.1, 0.15) is 17.8 Å². The number of hydrogen-bond acceptors (Lipinski definition) is 6. The highest BCUT2D eigenvalue weighted by Gasteiger charge is 2.33. The number of carbonyl (C=O) groups is 1. The predicted octanol–water partition coefficient (Wildman–Crippen LogP) is 2.36. The summed E-state index contributed by atoms with van der Waals surface area (Å²) >= 11 is 0. The summed E-state index contributed by atoms with van der Waals surface area (Å²) in [6.45, 7) is 2.96. The standard InChI is InChI=1S/C17H15F3N6O2/c1-9(2)13-14-10(4-5-11(23-14)17(18,19)20)15(28)26(25-13)8-12(27)24-16-21-6-3-7-22-16/h3-7,9H,8H2,1-2H3,(H,21,22,24,27). The van der Waals surface area contributed by atoms with Crippen molar-refractivity contribution in [2.75, 3.05) is 5.32 Å². The number of pyridine rings is 1. The Balaban J connectivity index is 2.03. The van der Waals surface area contributed by atoms with Crippen molar-refractivity contribution in [1.82, 2.24) is 24.7 Å². The molecule has 0 aliphatic rings. The van der Waals surface area contributed by atoms with Crippen LogP contribution in [-0.2, 0) is 17.5 Å². The van der Waals surface area contributed by atoms with Gasteiger partial charge in [-0.05, 0) is 24.1 Å². The average Bonchev–Trinajstić information content (AvgIpc) is 2.63. The Morgan fingerprint density at radius 1 is 1.21 bits per heavy atom. The molecule has 3 aromatic heterocycles. The zero-order valence-corrected chi connectivity index (χ0v) is 14.9. The minimum Gasteiger partial charge on any atom is -0.293 e. The van der Waals surface area contributed by atoms with Gasteiger partial charge in [-0.2, -0.15) is 18.3 Å². The zero-order valence-electron chi connectivity index (χ0n) is 14.9. The van der Waals surface area contributed by atoms with E-state index in [2.05, 4.69) is 25.4 Å². The number of alkyl halides is 3. The van der Waals surface area contributed by atoms with Crippen LogP contribution in [0.15, 0.2) is 35.4 Å². The summed E-state index contributed by atoms with van der Waals surface area (Å²) in [6.07, 6.45) is -1.78. The second kappa shape index (κ2) is 7.33. The summed E-state index contributed by atoms with van der Waals surface area (Å²) in [5, 5.41) is 6.45. The van der Waals surface area contributed by atoms with Crippen molar-refractivity contribution in [3.63, 3.8) is 0 Å². The Morgan fingerprint density at radius 3 is 2.50 bits per heavy atom. The lowest BCUT2D eigenvalue weighted by atomic mass is 10.1. The van der Waals surface area contributed by atoms with Crippen molar-refractivity contribution in [2.45, 2.75) is 32.5 Å². The van der Waals surface area contributed by atoms with Gasteiger partial charge in [-0.25, -0.2) is 19.6 Å². The number of nitrogens with zero attached hydrogens (tertiary/aromatic N) is 5. The molecule has 0 atom stereocenters. The smallest absolute Gasteiger partial charge is 0.293 e. The first-order chi connectivity index (χ1) is 13.2. The van der Waals surface area contributed by atoms with E-state index in [1.54, 1.807) is 19.9 Å². The normalized spacial score (nSPS) is 11.8. The van der Waals surface area contributed by atoms with Crippen molar-refractivity contribution in [3.8, 4) is 0 Å². The molecule has 0 fully saturated rings. The van der Waals surface area contributed by atoms with Gasteiger partial charge in [0.15, 0.2) is 0 Å². The summed E-state index contributed by atoms with van der Waals surface area (Å²) in [4.78, 5) is 36.1. The maximum absolute atomic E-state index is 13.0. The fourth-order valence-corrected chi connectivity index (χ4v) is 2.51. The first-order valence-corrected chi connectivity index (χ1v) is 8.22. The lowest BCUT2D eigenvalue weighted by molar-refractivity contribution is -0.141. The third-order valence-electron chi connectivity index (χ3n) is 3.78. The Kier molecular flexibility index (Phi) is 5.08. The van der Waals surface area contributed by atoms with Gasteiger partial charge in [0, 0.05) is 12.4 Å². The van der Waals surface area contributed by atoms with Gasteiger partial charge in [0.05, 0.1) is 11.1 Å². The molecule has 0 unspecified atom stereocenters. The van der Waals surface area contributed by atoms with Crippen molar-refractivity contribution < 1.29 is 18.0 Å². The number of anilines is 1. The van der Waals surface area contributed by atoms with Crippen LogP contribution in [0.1, 0.15) is 31.2 Å². The summed E-state index contributed by atoms with van der Waals surface area (Å²) in [5.74, 6) is -0.873. The molecule has 3 aromatic rings. The maximum Gasteiger partial charge on any atom is 0.433 e. The van der Waals surface area contributed by atoms with Gasteiger partial charge in [0.2, 0.25) is 11.9 Å². The first kappa shape index (κ1) is 19.4. The van der Waals surface area contributed by atoms with E-state index in [-0.39, 0.29) is 28.5 Å². The summed E-state index contributed by atoms with van der Waals surface area (Å²) in [6, 6.07) is 3.36. The summed E-state index contributed by atoms with van der Waals surface area (Å²) in [5.41, 5.74) is -1.77. The number of carbonyl (C=O) groups excluding carboxylic acids is 1. The lowest BCUT2D eigenvalue weighted by Gasteiger charge is -2.14. The zero-order chi connectivity index (χ0) is 20.5. The van der Waals surface area contributed by atoms with Gasteiger partial charge >= 0.3 is 6.18 Å². The second-order valence-electron chi connectivity index (χ2n) is 6.21. The number of halogens is 3. The van der Waals surface area contributed by atoms with E-state index >= 15 is 0 Å². The number of fused-ring (bicyclic) bond motifs is 1. The van der Waals surface area contributed by atoms with Crippen molar-refractivity contribution in [3.05, 3.63) is 52.3 Å². The molecule has 28 heavy (non-hydrogen) atoms. The van der Waals surface area contributed by atoms with Crippen LogP contribution in [0.2, 0.25) is 0 Å². The molecule has 11 heteroatoms. The molecule has 3 rings (SSSR count). The van der Waals surface area contributed by atoms with E-state index in [1.807, 2.05) is 0 Å². The molecular formula is C17H15F3N6O2. The molecule has 0 saturated carbocycles. The Bertz CT molecular complexity index is 1080. The van der Waals surface area contributed by atoms with E-state index in [0.29, 0.717) is 0 Å². The van der Waals surface area contributed by atoms with Crippen molar-refractivity contribution in [1.29, 1.82) is 0 Å². The van der Waals surface area contributed by atoms with Gasteiger partial charge in [-0.3, -0.25) is 14.9 Å². The highest BCUT2D eigenvalue weighted by atomic mass is 19.4. The molecule has 0 spiro atoms. The minimum atomic E-state index is -4.65. The molecule has 8 nitrogen and oxygen atoms in total. The molecule has 1 N–H and O–H groups in total. The minimum absolute atomic E-state index is 0.0459. The van der Waals surface area contributed by atoms with Gasteiger partial charge in [-0.15, -0.1) is 0 Å². The first-order valence-electron chi connectivity index (χ1n) is 8.22. The molecule has 3 heterocycles. The third-order valence-corrected chi connectivity index (χ3v) is 3.78. The number of nitrogens with one attached hydrogen (secondary N) is 1. The van der Waals surface area contributed by atoms with Crippen LogP contribution < -0.4 is 10.9 Å². The molecule has 1 amide bonds. The van der Waals surface area contributed by atoms with Crippen LogP contribution in [0.3, 0.4) is 0 Å². The van der Waals surface area contributed by atoms with Crippen LogP contribution in [0.5, 0.6) is 0 Å². The summed E-state index contributed by atoms with van der Waals surface area (Å²) < 4.78 is 39.8. The average molecular weight is 392 g/mol.